The van der Waals surface area contributed by atoms with Crippen LogP contribution in [0.25, 0.3) is 6.08 Å². The normalized spacial score (nSPS) is 10.6. The smallest absolute Gasteiger partial charge is 0.312 e. The first-order valence-corrected chi connectivity index (χ1v) is 7.95. The van der Waals surface area contributed by atoms with Gasteiger partial charge in [-0.05, 0) is 30.3 Å². The number of hydrogen-bond acceptors (Lipinski definition) is 5. The fraction of sp³-hybridized carbons (Fsp3) is 0.118. The number of anilines is 1. The molecule has 0 spiro atoms. The molecular formula is C17H14Cl2N2O5. The Balaban J connectivity index is 2.21. The Kier molecular flexibility index (Phi) is 6.43. The van der Waals surface area contributed by atoms with Crippen molar-refractivity contribution >= 4 is 46.6 Å². The summed E-state index contributed by atoms with van der Waals surface area (Å²) in [5.41, 5.74) is 0.515. The summed E-state index contributed by atoms with van der Waals surface area (Å²) in [5.74, 6) is -0.0235. The number of carbonyl (C=O) groups excluding carboxylic acids is 1. The largest absolute Gasteiger partial charge is 0.495 e. The van der Waals surface area contributed by atoms with Crippen molar-refractivity contribution < 1.29 is 19.2 Å². The third kappa shape index (κ3) is 4.65. The quantitative estimate of drug-likeness (QED) is 0.438. The van der Waals surface area contributed by atoms with Crippen LogP contribution in [0.5, 0.6) is 11.5 Å². The lowest BCUT2D eigenvalue weighted by atomic mass is 10.2. The standard InChI is InChI=1S/C17H14Cl2N2O5/c1-25-15-5-4-12(9-14(15)21(23)24)20-16(22)6-3-10-7-11(18)8-13(19)17(10)26-2/h3-9H,1-2H3,(H,20,22)/b6-3+. The van der Waals surface area contributed by atoms with Gasteiger partial charge in [0.1, 0.15) is 5.75 Å². The van der Waals surface area contributed by atoms with E-state index in [-0.39, 0.29) is 17.1 Å². The topological polar surface area (TPSA) is 90.7 Å². The number of amides is 1. The van der Waals surface area contributed by atoms with E-state index < -0.39 is 10.8 Å². The van der Waals surface area contributed by atoms with E-state index in [0.717, 1.165) is 0 Å². The van der Waals surface area contributed by atoms with E-state index in [9.17, 15) is 14.9 Å². The van der Waals surface area contributed by atoms with Crippen molar-refractivity contribution in [2.45, 2.75) is 0 Å². The maximum Gasteiger partial charge on any atom is 0.312 e. The van der Waals surface area contributed by atoms with Crippen molar-refractivity contribution in [3.8, 4) is 11.5 Å². The van der Waals surface area contributed by atoms with E-state index in [1.54, 1.807) is 6.07 Å². The third-order valence-corrected chi connectivity index (χ3v) is 3.80. The Morgan fingerprint density at radius 2 is 1.92 bits per heavy atom. The summed E-state index contributed by atoms with van der Waals surface area (Å²) in [5, 5.41) is 14.3. The van der Waals surface area contributed by atoms with E-state index in [4.69, 9.17) is 32.7 Å². The van der Waals surface area contributed by atoms with Gasteiger partial charge in [-0.2, -0.15) is 0 Å². The molecule has 0 aliphatic heterocycles. The first-order chi connectivity index (χ1) is 12.3. The Hall–Kier alpha value is -2.77. The van der Waals surface area contributed by atoms with Gasteiger partial charge in [-0.25, -0.2) is 0 Å². The number of hydrogen-bond donors (Lipinski definition) is 1. The van der Waals surface area contributed by atoms with Gasteiger partial charge < -0.3 is 14.8 Å². The molecule has 0 radical (unpaired) electrons. The number of carbonyl (C=O) groups is 1. The molecule has 0 bridgehead atoms. The van der Waals surface area contributed by atoms with Gasteiger partial charge in [0.25, 0.3) is 0 Å². The summed E-state index contributed by atoms with van der Waals surface area (Å²) in [4.78, 5) is 22.5. The van der Waals surface area contributed by atoms with E-state index in [0.29, 0.717) is 21.4 Å². The molecule has 0 aromatic heterocycles. The Labute approximate surface area is 159 Å². The van der Waals surface area contributed by atoms with Gasteiger partial charge in [0.2, 0.25) is 5.91 Å². The fourth-order valence-corrected chi connectivity index (χ4v) is 2.77. The molecule has 136 valence electrons. The predicted molar refractivity (Wildman–Crippen MR) is 100 cm³/mol. The maximum absolute atomic E-state index is 12.1. The Morgan fingerprint density at radius 3 is 2.54 bits per heavy atom. The van der Waals surface area contributed by atoms with Gasteiger partial charge in [0, 0.05) is 28.4 Å². The molecule has 2 aromatic carbocycles. The molecule has 0 heterocycles. The number of nitrogens with one attached hydrogen (secondary N) is 1. The van der Waals surface area contributed by atoms with Crippen LogP contribution in [0.1, 0.15) is 5.56 Å². The highest BCUT2D eigenvalue weighted by atomic mass is 35.5. The van der Waals surface area contributed by atoms with Crippen LogP contribution >= 0.6 is 23.2 Å². The monoisotopic (exact) mass is 396 g/mol. The van der Waals surface area contributed by atoms with Crippen molar-refractivity contribution in [3.63, 3.8) is 0 Å². The number of nitro groups is 1. The second kappa shape index (κ2) is 8.55. The minimum Gasteiger partial charge on any atom is -0.495 e. The molecule has 0 saturated heterocycles. The zero-order chi connectivity index (χ0) is 19.3. The van der Waals surface area contributed by atoms with Crippen molar-refractivity contribution in [2.75, 3.05) is 19.5 Å². The summed E-state index contributed by atoms with van der Waals surface area (Å²) in [7, 11) is 2.77. The van der Waals surface area contributed by atoms with Crippen molar-refractivity contribution in [1.82, 2.24) is 0 Å². The molecule has 9 heteroatoms. The number of nitrogens with zero attached hydrogens (tertiary/aromatic N) is 1. The van der Waals surface area contributed by atoms with Gasteiger partial charge in [0.05, 0.1) is 24.2 Å². The molecule has 2 aromatic rings. The molecule has 0 saturated carbocycles. The van der Waals surface area contributed by atoms with Crippen LogP contribution in [0, 0.1) is 10.1 Å². The molecule has 1 amide bonds. The predicted octanol–water partition coefficient (Wildman–Crippen LogP) is 4.57. The first-order valence-electron chi connectivity index (χ1n) is 7.20. The number of nitro benzene ring substituents is 1. The summed E-state index contributed by atoms with van der Waals surface area (Å²) in [6, 6.07) is 7.22. The average molecular weight is 397 g/mol. The third-order valence-electron chi connectivity index (χ3n) is 3.30. The molecule has 2 rings (SSSR count). The second-order valence-electron chi connectivity index (χ2n) is 4.98. The van der Waals surface area contributed by atoms with Crippen LogP contribution in [-0.2, 0) is 4.79 Å². The summed E-state index contributed by atoms with van der Waals surface area (Å²) in [6.45, 7) is 0. The summed E-state index contributed by atoms with van der Waals surface area (Å²) in [6.07, 6.45) is 2.71. The van der Waals surface area contributed by atoms with Crippen LogP contribution in [0.3, 0.4) is 0 Å². The number of benzene rings is 2. The van der Waals surface area contributed by atoms with Crippen LogP contribution < -0.4 is 14.8 Å². The highest BCUT2D eigenvalue weighted by molar-refractivity contribution is 6.36. The van der Waals surface area contributed by atoms with E-state index >= 15 is 0 Å². The molecule has 0 unspecified atom stereocenters. The van der Waals surface area contributed by atoms with Gasteiger partial charge in [-0.1, -0.05) is 23.2 Å². The van der Waals surface area contributed by atoms with Crippen LogP contribution in [0.2, 0.25) is 10.0 Å². The van der Waals surface area contributed by atoms with Gasteiger partial charge in [0.15, 0.2) is 5.75 Å². The SMILES string of the molecule is COc1ccc(NC(=O)/C=C/c2cc(Cl)cc(Cl)c2OC)cc1[N+](=O)[O-]. The minimum atomic E-state index is -0.594. The average Bonchev–Trinajstić information content (AvgIpc) is 2.59. The summed E-state index contributed by atoms with van der Waals surface area (Å²) < 4.78 is 10.1. The zero-order valence-corrected chi connectivity index (χ0v) is 15.3. The number of methoxy groups -OCH3 is 2. The lowest BCUT2D eigenvalue weighted by molar-refractivity contribution is -0.385. The Bertz CT molecular complexity index is 884. The molecule has 0 aliphatic rings. The van der Waals surface area contributed by atoms with E-state index in [1.165, 1.54) is 50.6 Å². The van der Waals surface area contributed by atoms with Crippen molar-refractivity contribution in [1.29, 1.82) is 0 Å². The molecular weight excluding hydrogens is 383 g/mol. The molecule has 26 heavy (non-hydrogen) atoms. The zero-order valence-electron chi connectivity index (χ0n) is 13.8. The van der Waals surface area contributed by atoms with Crippen LogP contribution in [-0.4, -0.2) is 25.1 Å². The van der Waals surface area contributed by atoms with Gasteiger partial charge in [-0.3, -0.25) is 14.9 Å². The van der Waals surface area contributed by atoms with Gasteiger partial charge >= 0.3 is 5.69 Å². The van der Waals surface area contributed by atoms with Crippen molar-refractivity contribution in [3.05, 3.63) is 62.1 Å². The van der Waals surface area contributed by atoms with E-state index in [1.807, 2.05) is 0 Å². The highest BCUT2D eigenvalue weighted by Crippen LogP contribution is 2.33. The highest BCUT2D eigenvalue weighted by Gasteiger charge is 2.15. The van der Waals surface area contributed by atoms with Gasteiger partial charge in [-0.15, -0.1) is 0 Å². The molecule has 1 N–H and O–H groups in total. The number of rotatable bonds is 6. The Morgan fingerprint density at radius 1 is 1.19 bits per heavy atom. The lowest BCUT2D eigenvalue weighted by Gasteiger charge is -2.08. The minimum absolute atomic E-state index is 0.0989. The molecule has 0 aliphatic carbocycles. The van der Waals surface area contributed by atoms with Crippen molar-refractivity contribution in [2.24, 2.45) is 0 Å². The number of halogens is 2. The maximum atomic E-state index is 12.1. The summed E-state index contributed by atoms with van der Waals surface area (Å²) >= 11 is 12.0. The first kappa shape index (κ1) is 19.6. The number of ether oxygens (including phenoxy) is 2. The fourth-order valence-electron chi connectivity index (χ4n) is 2.18. The molecule has 7 nitrogen and oxygen atoms in total. The second-order valence-corrected chi connectivity index (χ2v) is 5.82. The lowest BCUT2D eigenvalue weighted by Crippen LogP contribution is -2.08. The van der Waals surface area contributed by atoms with Crippen LogP contribution in [0.15, 0.2) is 36.4 Å². The van der Waals surface area contributed by atoms with E-state index in [2.05, 4.69) is 5.32 Å². The molecule has 0 fully saturated rings. The van der Waals surface area contributed by atoms with Crippen LogP contribution in [0.4, 0.5) is 11.4 Å². The molecule has 0 atom stereocenters.